The molecule has 1 aromatic heterocycles. The average Bonchev–Trinajstić information content (AvgIpc) is 2.72. The van der Waals surface area contributed by atoms with Crippen molar-refractivity contribution in [3.63, 3.8) is 0 Å². The van der Waals surface area contributed by atoms with Gasteiger partial charge in [-0.05, 0) is 48.0 Å². The summed E-state index contributed by atoms with van der Waals surface area (Å²) in [6.45, 7) is -0.133. The van der Waals surface area contributed by atoms with E-state index < -0.39 is 23.0 Å². The van der Waals surface area contributed by atoms with Crippen LogP contribution in [0.25, 0.3) is 11.4 Å². The van der Waals surface area contributed by atoms with E-state index in [1.54, 1.807) is 48.9 Å². The number of fused-ring (bicyclic) bond motifs is 1. The molecule has 0 bridgehead atoms. The lowest BCUT2D eigenvalue weighted by Gasteiger charge is -2.15. The highest BCUT2D eigenvalue weighted by Crippen LogP contribution is 2.14. The van der Waals surface area contributed by atoms with Crippen molar-refractivity contribution in [3.05, 3.63) is 99.3 Å². The second kappa shape index (κ2) is 8.08. The quantitative estimate of drug-likeness (QED) is 0.545. The number of hydrogen-bond donors (Lipinski definition) is 1. The van der Waals surface area contributed by atoms with Gasteiger partial charge in [0.2, 0.25) is 5.91 Å². The van der Waals surface area contributed by atoms with Gasteiger partial charge in [0.05, 0.1) is 12.1 Å². The van der Waals surface area contributed by atoms with E-state index in [-0.39, 0.29) is 24.5 Å². The number of aromatic nitrogens is 4. The lowest BCUT2D eigenvalue weighted by molar-refractivity contribution is -0.116. The van der Waals surface area contributed by atoms with Crippen LogP contribution in [0.5, 0.6) is 0 Å². The van der Waals surface area contributed by atoms with Gasteiger partial charge in [0.1, 0.15) is 12.4 Å². The highest BCUT2D eigenvalue weighted by Gasteiger charge is 2.18. The summed E-state index contributed by atoms with van der Waals surface area (Å²) in [5, 5.41) is 2.57. The molecule has 0 fully saturated rings. The Morgan fingerprint density at radius 3 is 2.63 bits per heavy atom. The zero-order valence-electron chi connectivity index (χ0n) is 15.7. The van der Waals surface area contributed by atoms with E-state index >= 15 is 0 Å². The van der Waals surface area contributed by atoms with Gasteiger partial charge in [-0.1, -0.05) is 6.07 Å². The molecule has 1 amide bonds. The van der Waals surface area contributed by atoms with Gasteiger partial charge in [0.25, 0.3) is 5.56 Å². The number of hydrogen-bond acceptors (Lipinski definition) is 5. The van der Waals surface area contributed by atoms with E-state index in [9.17, 15) is 18.8 Å². The smallest absolute Gasteiger partial charge is 0.324 e. The third kappa shape index (κ3) is 4.00. The van der Waals surface area contributed by atoms with E-state index in [1.807, 2.05) is 0 Å². The standard InChI is InChI=1S/C21H16FN5O3/c22-15-3-1-4-16(11-15)24-18(28)13-26-10-2-5-17-19(26)25-21(30)27(20(17)29)12-14-6-8-23-9-7-14/h1-11H,12-13H2,(H,24,28). The Kier molecular flexibility index (Phi) is 5.17. The van der Waals surface area contributed by atoms with Crippen LogP contribution < -0.4 is 16.6 Å². The molecule has 0 atom stereocenters. The Balaban J connectivity index is 1.64. The van der Waals surface area contributed by atoms with Crippen LogP contribution in [-0.4, -0.2) is 25.0 Å². The van der Waals surface area contributed by atoms with E-state index in [0.29, 0.717) is 5.69 Å². The zero-order valence-corrected chi connectivity index (χ0v) is 15.7. The molecule has 1 aromatic carbocycles. The van der Waals surface area contributed by atoms with Gasteiger partial charge < -0.3 is 9.88 Å². The highest BCUT2D eigenvalue weighted by atomic mass is 19.1. The maximum absolute atomic E-state index is 13.3. The van der Waals surface area contributed by atoms with Crippen molar-refractivity contribution < 1.29 is 9.18 Å². The molecule has 0 radical (unpaired) electrons. The third-order valence-corrected chi connectivity index (χ3v) is 4.46. The van der Waals surface area contributed by atoms with Crippen molar-refractivity contribution in [3.8, 4) is 11.4 Å². The van der Waals surface area contributed by atoms with Gasteiger partial charge in [0.15, 0.2) is 5.82 Å². The Bertz CT molecular complexity index is 1300. The number of carbonyl (C=O) groups excluding carboxylic acids is 1. The number of benzene rings is 1. The maximum atomic E-state index is 13.3. The Morgan fingerprint density at radius 2 is 1.87 bits per heavy atom. The fraction of sp³-hybridized carbons (Fsp3) is 0.0952. The van der Waals surface area contributed by atoms with Crippen molar-refractivity contribution in [2.24, 2.45) is 0 Å². The first-order valence-corrected chi connectivity index (χ1v) is 9.05. The van der Waals surface area contributed by atoms with Crippen molar-refractivity contribution >= 4 is 11.6 Å². The Labute approximate surface area is 169 Å². The molecule has 0 saturated carbocycles. The molecule has 8 nitrogen and oxygen atoms in total. The van der Waals surface area contributed by atoms with Crippen LogP contribution >= 0.6 is 0 Å². The van der Waals surface area contributed by atoms with Gasteiger partial charge in [-0.3, -0.25) is 19.1 Å². The summed E-state index contributed by atoms with van der Waals surface area (Å²) in [4.78, 5) is 45.7. The minimum absolute atomic E-state index is 0.0675. The lowest BCUT2D eigenvalue weighted by atomic mass is 10.2. The molecular formula is C21H16FN5O3. The number of nitrogens with zero attached hydrogens (tertiary/aromatic N) is 4. The molecule has 2 aromatic rings. The second-order valence-corrected chi connectivity index (χ2v) is 6.57. The fourth-order valence-electron chi connectivity index (χ4n) is 3.08. The number of pyridine rings is 2. The molecule has 9 heteroatoms. The van der Waals surface area contributed by atoms with Crippen LogP contribution in [0.2, 0.25) is 0 Å². The average molecular weight is 405 g/mol. The highest BCUT2D eigenvalue weighted by molar-refractivity contribution is 5.90. The minimum atomic E-state index is -0.713. The molecule has 0 aliphatic carbocycles. The molecule has 2 aliphatic heterocycles. The van der Waals surface area contributed by atoms with Gasteiger partial charge in [-0.15, -0.1) is 0 Å². The van der Waals surface area contributed by atoms with Crippen LogP contribution in [0.15, 0.2) is 76.7 Å². The number of anilines is 1. The summed E-state index contributed by atoms with van der Waals surface area (Å²) in [6, 6.07) is 12.1. The normalized spacial score (nSPS) is 10.8. The Morgan fingerprint density at radius 1 is 1.07 bits per heavy atom. The molecule has 1 N–H and O–H groups in total. The number of nitrogens with one attached hydrogen (secondary N) is 1. The first kappa shape index (κ1) is 19.2. The maximum Gasteiger partial charge on any atom is 0.352 e. The van der Waals surface area contributed by atoms with Crippen molar-refractivity contribution in [1.82, 2.24) is 19.1 Å². The predicted octanol–water partition coefficient (Wildman–Crippen LogP) is 1.73. The molecule has 4 rings (SSSR count). The summed E-state index contributed by atoms with van der Waals surface area (Å²) in [6.07, 6.45) is 4.70. The van der Waals surface area contributed by atoms with E-state index in [2.05, 4.69) is 15.3 Å². The van der Waals surface area contributed by atoms with Crippen LogP contribution in [0.4, 0.5) is 10.1 Å². The molecule has 3 heterocycles. The Hall–Kier alpha value is -4.14. The molecule has 0 saturated heterocycles. The summed E-state index contributed by atoms with van der Waals surface area (Å²) in [7, 11) is 0. The van der Waals surface area contributed by atoms with E-state index in [4.69, 9.17) is 0 Å². The minimum Gasteiger partial charge on any atom is -0.324 e. The van der Waals surface area contributed by atoms with E-state index in [0.717, 1.165) is 10.1 Å². The zero-order chi connectivity index (χ0) is 21.1. The molecule has 2 aliphatic rings. The number of halogens is 1. The van der Waals surface area contributed by atoms with Crippen molar-refractivity contribution in [2.45, 2.75) is 13.1 Å². The second-order valence-electron chi connectivity index (χ2n) is 6.57. The predicted molar refractivity (Wildman–Crippen MR) is 108 cm³/mol. The van der Waals surface area contributed by atoms with Gasteiger partial charge >= 0.3 is 5.69 Å². The van der Waals surface area contributed by atoms with Gasteiger partial charge in [0, 0.05) is 24.3 Å². The number of amides is 1. The van der Waals surface area contributed by atoms with Gasteiger partial charge in [-0.25, -0.2) is 9.18 Å². The third-order valence-electron chi connectivity index (χ3n) is 4.46. The van der Waals surface area contributed by atoms with Crippen molar-refractivity contribution in [1.29, 1.82) is 0 Å². The van der Waals surface area contributed by atoms with E-state index in [1.165, 1.54) is 22.8 Å². The first-order valence-electron chi connectivity index (χ1n) is 9.05. The SMILES string of the molecule is O=C(Cn1cccc2c(=O)n(Cc3ccncc3)c(=O)nc1-2)Nc1cccc(F)c1. The number of rotatable bonds is 5. The lowest BCUT2D eigenvalue weighted by Crippen LogP contribution is -2.38. The summed E-state index contributed by atoms with van der Waals surface area (Å²) in [5.74, 6) is -0.820. The first-order chi connectivity index (χ1) is 14.5. The topological polar surface area (TPSA) is 98.9 Å². The largest absolute Gasteiger partial charge is 0.352 e. The van der Waals surface area contributed by atoms with Gasteiger partial charge in [-0.2, -0.15) is 4.98 Å². The molecule has 30 heavy (non-hydrogen) atoms. The van der Waals surface area contributed by atoms with Crippen molar-refractivity contribution in [2.75, 3.05) is 5.32 Å². The molecule has 0 unspecified atom stereocenters. The molecular weight excluding hydrogens is 389 g/mol. The van der Waals surface area contributed by atoms with Crippen LogP contribution in [0.1, 0.15) is 5.56 Å². The van der Waals surface area contributed by atoms with Crippen LogP contribution in [0.3, 0.4) is 0 Å². The fourth-order valence-corrected chi connectivity index (χ4v) is 3.08. The van der Waals surface area contributed by atoms with Crippen LogP contribution in [0, 0.1) is 5.82 Å². The molecule has 0 spiro atoms. The molecule has 150 valence electrons. The summed E-state index contributed by atoms with van der Waals surface area (Å²) < 4.78 is 15.7. The monoisotopic (exact) mass is 405 g/mol. The number of carbonyl (C=O) groups is 1. The van der Waals surface area contributed by atoms with Crippen LogP contribution in [-0.2, 0) is 17.9 Å². The summed E-state index contributed by atoms with van der Waals surface area (Å²) >= 11 is 0. The summed E-state index contributed by atoms with van der Waals surface area (Å²) in [5.41, 5.74) is 0.0443.